The van der Waals surface area contributed by atoms with Crippen LogP contribution in [-0.4, -0.2) is 65.8 Å². The molecule has 1 aromatic heterocycles. The van der Waals surface area contributed by atoms with Crippen molar-refractivity contribution in [1.29, 1.82) is 0 Å². The van der Waals surface area contributed by atoms with Crippen LogP contribution in [0.4, 0.5) is 5.69 Å². The zero-order chi connectivity index (χ0) is 27.9. The third kappa shape index (κ3) is 7.38. The number of hydrogen-bond acceptors (Lipinski definition) is 8. The van der Waals surface area contributed by atoms with Crippen LogP contribution in [0.15, 0.2) is 40.9 Å². The Morgan fingerprint density at radius 1 is 1.07 bits per heavy atom. The number of anilines is 1. The Hall–Kier alpha value is -3.92. The van der Waals surface area contributed by atoms with Gasteiger partial charge in [-0.05, 0) is 48.2 Å². The maximum Gasteiger partial charge on any atom is 0.256 e. The van der Waals surface area contributed by atoms with Crippen molar-refractivity contribution in [3.8, 4) is 17.1 Å². The Kier molecular flexibility index (Phi) is 10.7. The number of nitrogens with zero attached hydrogens (tertiary/aromatic N) is 5. The van der Waals surface area contributed by atoms with E-state index in [4.69, 9.17) is 9.26 Å². The highest BCUT2D eigenvalue weighted by Gasteiger charge is 2.27. The molecule has 0 saturated carbocycles. The van der Waals surface area contributed by atoms with E-state index in [9.17, 15) is 9.59 Å². The van der Waals surface area contributed by atoms with Crippen molar-refractivity contribution in [1.82, 2.24) is 25.5 Å². The third-order valence-electron chi connectivity index (χ3n) is 7.00. The van der Waals surface area contributed by atoms with Gasteiger partial charge in [-0.1, -0.05) is 50.5 Å². The molecule has 0 fully saturated rings. The number of hydrogen-bond donors (Lipinski definition) is 1. The number of methoxy groups -OCH3 is 1. The van der Waals surface area contributed by atoms with E-state index < -0.39 is 0 Å². The summed E-state index contributed by atoms with van der Waals surface area (Å²) in [7, 11) is 3.43. The number of hydrazine groups is 1. The van der Waals surface area contributed by atoms with Crippen molar-refractivity contribution < 1.29 is 18.8 Å². The molecule has 0 saturated heterocycles. The molecular weight excluding hydrogens is 508 g/mol. The number of carbonyl (C=O) groups is 2. The SMILES string of the molecule is C.CCCCCNC(=O)CN(CC(=O)N(C)N1Cc2ccc(OC)cc2C1)c1cc(-c2noc(C)n2)ccc1C. The van der Waals surface area contributed by atoms with Crippen LogP contribution in [0, 0.1) is 13.8 Å². The molecule has 2 heterocycles. The Balaban J connectivity index is 0.00000441. The van der Waals surface area contributed by atoms with Crippen LogP contribution in [0.2, 0.25) is 0 Å². The van der Waals surface area contributed by atoms with Crippen LogP contribution in [0.5, 0.6) is 5.75 Å². The van der Waals surface area contributed by atoms with Gasteiger partial charge in [-0.15, -0.1) is 0 Å². The smallest absolute Gasteiger partial charge is 0.256 e. The van der Waals surface area contributed by atoms with Crippen molar-refractivity contribution in [3.63, 3.8) is 0 Å². The second-order valence-corrected chi connectivity index (χ2v) is 9.93. The second kappa shape index (κ2) is 13.9. The van der Waals surface area contributed by atoms with Gasteiger partial charge in [-0.3, -0.25) is 14.6 Å². The van der Waals surface area contributed by atoms with Crippen molar-refractivity contribution in [2.24, 2.45) is 0 Å². The van der Waals surface area contributed by atoms with E-state index in [2.05, 4.69) is 22.4 Å². The lowest BCUT2D eigenvalue weighted by atomic mass is 10.1. The van der Waals surface area contributed by atoms with Gasteiger partial charge in [0.15, 0.2) is 0 Å². The minimum atomic E-state index is -0.123. The van der Waals surface area contributed by atoms with E-state index >= 15 is 0 Å². The molecule has 0 bridgehead atoms. The topological polar surface area (TPSA) is 104 Å². The molecule has 1 N–H and O–H groups in total. The van der Waals surface area contributed by atoms with Gasteiger partial charge in [0.25, 0.3) is 5.91 Å². The number of nitrogens with one attached hydrogen (secondary N) is 1. The fourth-order valence-electron chi connectivity index (χ4n) is 4.68. The van der Waals surface area contributed by atoms with Gasteiger partial charge in [-0.25, -0.2) is 5.01 Å². The fraction of sp³-hybridized carbons (Fsp3) is 0.467. The summed E-state index contributed by atoms with van der Waals surface area (Å²) in [4.78, 5) is 32.7. The number of ether oxygens (including phenoxy) is 1. The quantitative estimate of drug-likeness (QED) is 0.329. The van der Waals surface area contributed by atoms with Gasteiger partial charge < -0.3 is 19.5 Å². The van der Waals surface area contributed by atoms with Crippen LogP contribution < -0.4 is 15.0 Å². The molecule has 2 amide bonds. The van der Waals surface area contributed by atoms with Crippen LogP contribution in [-0.2, 0) is 22.7 Å². The van der Waals surface area contributed by atoms with Crippen molar-refractivity contribution in [2.45, 2.75) is 60.5 Å². The average molecular weight is 551 g/mol. The number of aromatic nitrogens is 2. The first-order valence-electron chi connectivity index (χ1n) is 13.4. The second-order valence-electron chi connectivity index (χ2n) is 9.93. The van der Waals surface area contributed by atoms with E-state index in [1.165, 1.54) is 0 Å². The molecule has 10 nitrogen and oxygen atoms in total. The van der Waals surface area contributed by atoms with Crippen LogP contribution in [0.1, 0.15) is 56.2 Å². The molecule has 0 unspecified atom stereocenters. The Bertz CT molecular complexity index is 1310. The summed E-state index contributed by atoms with van der Waals surface area (Å²) >= 11 is 0. The lowest BCUT2D eigenvalue weighted by molar-refractivity contribution is -0.145. The van der Waals surface area contributed by atoms with E-state index in [1.807, 2.05) is 53.2 Å². The minimum Gasteiger partial charge on any atom is -0.497 e. The molecule has 0 spiro atoms. The van der Waals surface area contributed by atoms with Gasteiger partial charge in [0.05, 0.1) is 20.2 Å². The zero-order valence-corrected chi connectivity index (χ0v) is 23.5. The van der Waals surface area contributed by atoms with Crippen molar-refractivity contribution >= 4 is 17.5 Å². The molecular formula is C30H42N6O4. The largest absolute Gasteiger partial charge is 0.497 e. The van der Waals surface area contributed by atoms with Crippen molar-refractivity contribution in [3.05, 3.63) is 59.0 Å². The zero-order valence-electron chi connectivity index (χ0n) is 23.5. The molecule has 10 heteroatoms. The molecule has 40 heavy (non-hydrogen) atoms. The van der Waals surface area contributed by atoms with Crippen molar-refractivity contribution in [2.75, 3.05) is 38.7 Å². The number of rotatable bonds is 12. The van der Waals surface area contributed by atoms with Crippen LogP contribution in [0.3, 0.4) is 0 Å². The molecule has 0 aliphatic carbocycles. The number of benzene rings is 2. The predicted octanol–water partition coefficient (Wildman–Crippen LogP) is 4.50. The summed E-state index contributed by atoms with van der Waals surface area (Å²) in [5.74, 6) is 1.49. The molecule has 1 aliphatic rings. The highest BCUT2D eigenvalue weighted by atomic mass is 16.5. The van der Waals surface area contributed by atoms with Crippen LogP contribution in [0.25, 0.3) is 11.4 Å². The van der Waals surface area contributed by atoms with E-state index in [1.54, 1.807) is 26.1 Å². The number of unbranched alkanes of at least 4 members (excludes halogenated alkanes) is 2. The molecule has 4 rings (SSSR count). The highest BCUT2D eigenvalue weighted by molar-refractivity contribution is 5.87. The molecule has 0 atom stereocenters. The molecule has 0 radical (unpaired) electrons. The predicted molar refractivity (Wildman–Crippen MR) is 156 cm³/mol. The summed E-state index contributed by atoms with van der Waals surface area (Å²) in [6, 6.07) is 11.8. The lowest BCUT2D eigenvalue weighted by Crippen LogP contribution is -2.48. The number of amides is 2. The summed E-state index contributed by atoms with van der Waals surface area (Å²) < 4.78 is 10.5. The lowest BCUT2D eigenvalue weighted by Gasteiger charge is -2.32. The standard InChI is InChI=1S/C29H38N6O4.CH4/c1-6-7-8-13-30-27(36)18-34(26-15-22(10-9-20(26)2)29-31-21(3)39-32-29)19-28(37)33(4)35-16-23-11-12-25(38-5)14-24(23)17-35;/h9-12,14-15H,6-8,13,16-19H2,1-5H3,(H,30,36);1H4. The maximum absolute atomic E-state index is 13.6. The first-order valence-corrected chi connectivity index (χ1v) is 13.4. The van der Waals surface area contributed by atoms with Gasteiger partial charge in [0, 0.05) is 44.9 Å². The first kappa shape index (κ1) is 30.6. The fourth-order valence-corrected chi connectivity index (χ4v) is 4.68. The van der Waals surface area contributed by atoms with Gasteiger partial charge >= 0.3 is 0 Å². The van der Waals surface area contributed by atoms with Gasteiger partial charge in [-0.2, -0.15) is 4.98 Å². The molecule has 1 aliphatic heterocycles. The summed E-state index contributed by atoms with van der Waals surface area (Å²) in [6.45, 7) is 7.77. The molecule has 2 aromatic carbocycles. The summed E-state index contributed by atoms with van der Waals surface area (Å²) in [5, 5.41) is 10.7. The molecule has 3 aromatic rings. The van der Waals surface area contributed by atoms with Gasteiger partial charge in [0.1, 0.15) is 5.75 Å². The number of aryl methyl sites for hydroxylation is 2. The number of fused-ring (bicyclic) bond motifs is 1. The molecule has 216 valence electrons. The van der Waals surface area contributed by atoms with E-state index in [0.29, 0.717) is 31.3 Å². The normalized spacial score (nSPS) is 12.4. The minimum absolute atomic E-state index is 0. The van der Waals surface area contributed by atoms with Gasteiger partial charge in [0.2, 0.25) is 17.6 Å². The summed E-state index contributed by atoms with van der Waals surface area (Å²) in [6.07, 6.45) is 3.07. The third-order valence-corrected chi connectivity index (χ3v) is 7.00. The summed E-state index contributed by atoms with van der Waals surface area (Å²) in [5.41, 5.74) is 4.77. The van der Waals surface area contributed by atoms with Crippen LogP contribution >= 0.6 is 0 Å². The Morgan fingerprint density at radius 2 is 1.85 bits per heavy atom. The maximum atomic E-state index is 13.6. The Labute approximate surface area is 237 Å². The monoisotopic (exact) mass is 550 g/mol. The van der Waals surface area contributed by atoms with E-state index in [0.717, 1.165) is 53.0 Å². The highest BCUT2D eigenvalue weighted by Crippen LogP contribution is 2.29. The Morgan fingerprint density at radius 3 is 2.55 bits per heavy atom. The number of carbonyl (C=O) groups excluding carboxylic acids is 2. The first-order chi connectivity index (χ1) is 18.8. The number of likely N-dealkylation sites (N-methyl/N-ethyl adjacent to an activating group) is 1. The average Bonchev–Trinajstić information content (AvgIpc) is 3.56. The van der Waals surface area contributed by atoms with E-state index in [-0.39, 0.29) is 32.3 Å².